The number of nitrogens with two attached hydrogens (primary N) is 3. The predicted octanol–water partition coefficient (Wildman–Crippen LogP) is 9.50. The van der Waals surface area contributed by atoms with E-state index in [2.05, 4.69) is 26.6 Å². The van der Waals surface area contributed by atoms with Gasteiger partial charge in [0.25, 0.3) is 0 Å². The number of hydrogen-bond donors (Lipinski definition) is 8. The van der Waals surface area contributed by atoms with Crippen molar-refractivity contribution in [3.8, 4) is 0 Å². The van der Waals surface area contributed by atoms with Crippen LogP contribution in [0.15, 0.2) is 60.7 Å². The van der Waals surface area contributed by atoms with Crippen LogP contribution in [0.2, 0.25) is 0 Å². The summed E-state index contributed by atoms with van der Waals surface area (Å²) in [6.07, 6.45) is 17.1. The largest absolute Gasteiger partial charge is 0.457 e. The summed E-state index contributed by atoms with van der Waals surface area (Å²) in [4.78, 5) is 168. The average molecular weight is 1390 g/mol. The minimum absolute atomic E-state index is 0.0476. The van der Waals surface area contributed by atoms with E-state index in [0.29, 0.717) is 85.1 Å². The molecule has 11 N–H and O–H groups in total. The summed E-state index contributed by atoms with van der Waals surface area (Å²) in [5.74, 6) is -4.66. The molecule has 0 radical (unpaired) electrons. The van der Waals surface area contributed by atoms with Gasteiger partial charge in [-0.3, -0.25) is 47.5 Å². The Hall–Kier alpha value is -9.33. The Kier molecular flexibility index (Phi) is 36.8. The molecule has 25 nitrogen and oxygen atoms in total. The van der Waals surface area contributed by atoms with E-state index in [0.717, 1.165) is 12.8 Å². The summed E-state index contributed by atoms with van der Waals surface area (Å²) in [7, 11) is -1.00. The number of anilines is 2. The molecule has 0 saturated heterocycles. The van der Waals surface area contributed by atoms with Gasteiger partial charge in [0.2, 0.25) is 17.7 Å². The van der Waals surface area contributed by atoms with E-state index in [1.165, 1.54) is 64.2 Å². The minimum Gasteiger partial charge on any atom is -0.457 e. The number of esters is 3. The molecule has 99 heavy (non-hydrogen) atoms. The third-order valence-electron chi connectivity index (χ3n) is 15.4. The molecule has 2 aromatic carbocycles. The summed E-state index contributed by atoms with van der Waals surface area (Å²) in [5.41, 5.74) is 15.0. The molecule has 2 atom stereocenters. The molecule has 2 aliphatic rings. The average Bonchev–Trinajstić information content (AvgIpc) is 0.787. The van der Waals surface area contributed by atoms with Crippen molar-refractivity contribution in [3.05, 3.63) is 83.0 Å². The van der Waals surface area contributed by atoms with Gasteiger partial charge in [-0.25, -0.2) is 24.0 Å². The molecule has 7 amide bonds. The van der Waals surface area contributed by atoms with Crippen LogP contribution < -0.4 is 43.8 Å². The van der Waals surface area contributed by atoms with Crippen molar-refractivity contribution in [2.75, 3.05) is 44.0 Å². The number of alkyl halides is 1. The van der Waals surface area contributed by atoms with Gasteiger partial charge in [-0.1, -0.05) is 37.1 Å². The van der Waals surface area contributed by atoms with Crippen LogP contribution in [0.5, 0.6) is 0 Å². The molecule has 0 aliphatic heterocycles. The van der Waals surface area contributed by atoms with Gasteiger partial charge in [0.05, 0.1) is 19.4 Å². The van der Waals surface area contributed by atoms with E-state index in [1.54, 1.807) is 111 Å². The molecule has 0 unspecified atom stereocenters. The number of rotatable bonds is 33. The number of nitrogens with one attached hydrogen (secondary N) is 5. The highest BCUT2D eigenvalue weighted by Gasteiger charge is 2.49. The molecule has 26 heteroatoms. The summed E-state index contributed by atoms with van der Waals surface area (Å²) in [6, 6.07) is 8.94. The van der Waals surface area contributed by atoms with Crippen molar-refractivity contribution in [1.29, 1.82) is 0 Å². The lowest BCUT2D eigenvalue weighted by molar-refractivity contribution is -0.149. The van der Waals surface area contributed by atoms with E-state index in [1.807, 2.05) is 0 Å². The number of hydrogen-bond acceptors (Lipinski definition) is 18. The number of benzene rings is 2. The number of carbonyl (C=O) groups excluding carboxylic acids is 14. The molecule has 2 aliphatic carbocycles. The van der Waals surface area contributed by atoms with Gasteiger partial charge in [0.1, 0.15) is 45.7 Å². The quantitative estimate of drug-likeness (QED) is 0.0108. The molecule has 0 spiro atoms. The molecule has 0 aromatic heterocycles. The maximum Gasteiger partial charge on any atom is 0.331 e. The van der Waals surface area contributed by atoms with Crippen LogP contribution >= 0.6 is 0 Å². The Morgan fingerprint density at radius 2 is 0.899 bits per heavy atom. The number of allylic oxidation sites excluding steroid dienone is 1. The second kappa shape index (κ2) is 42.5. The smallest absolute Gasteiger partial charge is 0.331 e. The fraction of sp³-hybridized carbons (Fsp3) is 0.534. The molecular weight excluding hydrogens is 1280 g/mol. The van der Waals surface area contributed by atoms with Gasteiger partial charge in [-0.15, -0.1) is 0 Å². The fourth-order valence-electron chi connectivity index (χ4n) is 10.0. The van der Waals surface area contributed by atoms with Crippen molar-refractivity contribution in [2.24, 2.45) is 39.9 Å². The summed E-state index contributed by atoms with van der Waals surface area (Å²) < 4.78 is 31.4. The Balaban J connectivity index is 0.000000829. The first-order chi connectivity index (χ1) is 46.5. The highest BCUT2D eigenvalue weighted by molar-refractivity contribution is 6.09. The van der Waals surface area contributed by atoms with E-state index in [9.17, 15) is 71.5 Å². The van der Waals surface area contributed by atoms with Crippen LogP contribution in [0.1, 0.15) is 204 Å². The Labute approximate surface area is 582 Å². The van der Waals surface area contributed by atoms with Crippen LogP contribution in [-0.4, -0.2) is 133 Å². The zero-order valence-corrected chi connectivity index (χ0v) is 59.7. The van der Waals surface area contributed by atoms with Crippen molar-refractivity contribution in [1.82, 2.24) is 16.0 Å². The van der Waals surface area contributed by atoms with Crippen molar-refractivity contribution >= 4 is 118 Å². The lowest BCUT2D eigenvalue weighted by Crippen LogP contribution is -2.46. The monoisotopic (exact) mass is 1390 g/mol. The van der Waals surface area contributed by atoms with E-state index in [-0.39, 0.29) is 98.3 Å². The number of primary amides is 2. The molecule has 2 saturated carbocycles. The Morgan fingerprint density at radius 3 is 1.23 bits per heavy atom. The molecule has 2 aromatic rings. The molecular formula is C73H105FN8O17. The SMILES string of the molecule is CC(=O)/C=C/c1ccc(/C=C/C(=O)OC(C)(C)C)cc1NC(=O)CCN.CC(=O)C1(C(=O)C[C@@H](CCCNC(N)=O)C(=O)NCCC(=O)Nc2cc(/C=C/C(=O)OC(C)(C)C)ccc2/C=C/C(=O)OC(C)(C)C)CCC1.CC(=O)[C@H](CCCNC(N)=O)CC(=O)C1(C(C)=O)CCC1.[2H]CF. The van der Waals surface area contributed by atoms with Crippen molar-refractivity contribution in [3.63, 3.8) is 0 Å². The predicted molar refractivity (Wildman–Crippen MR) is 377 cm³/mol. The third-order valence-corrected chi connectivity index (χ3v) is 15.4. The minimum atomic E-state index is -1.05. The first-order valence-electron chi connectivity index (χ1n) is 33.5. The zero-order chi connectivity index (χ0) is 76.2. The van der Waals surface area contributed by atoms with Crippen LogP contribution in [0.25, 0.3) is 24.3 Å². The highest BCUT2D eigenvalue weighted by atomic mass is 19.1. The summed E-state index contributed by atoms with van der Waals surface area (Å²) in [5, 5.41) is 13.2. The second-order valence-electron chi connectivity index (χ2n) is 27.0. The lowest BCUT2D eigenvalue weighted by Gasteiger charge is -2.38. The molecule has 0 heterocycles. The van der Waals surface area contributed by atoms with Gasteiger partial charge in [0, 0.05) is 93.3 Å². The molecule has 0 bridgehead atoms. The number of carbonyl (C=O) groups is 14. The normalized spacial score (nSPS) is 14.4. The maximum absolute atomic E-state index is 13.2. The first-order valence-corrected chi connectivity index (χ1v) is 32.8. The van der Waals surface area contributed by atoms with Crippen LogP contribution in [0.4, 0.5) is 25.4 Å². The van der Waals surface area contributed by atoms with Crippen LogP contribution in [0.3, 0.4) is 0 Å². The molecule has 4 rings (SSSR count). The van der Waals surface area contributed by atoms with Crippen molar-refractivity contribution in [2.45, 2.75) is 197 Å². The molecule has 546 valence electrons. The summed E-state index contributed by atoms with van der Waals surface area (Å²) >= 11 is 0. The second-order valence-corrected chi connectivity index (χ2v) is 27.0. The van der Waals surface area contributed by atoms with Crippen molar-refractivity contribution < 1.29 is 87.1 Å². The van der Waals surface area contributed by atoms with Gasteiger partial charge in [0.15, 0.2) is 5.78 Å². The number of ketones is 6. The van der Waals surface area contributed by atoms with Crippen LogP contribution in [-0.2, 0) is 71.7 Å². The van der Waals surface area contributed by atoms with E-state index < -0.39 is 82.5 Å². The number of amides is 7. The topological polar surface area (TPSA) is 405 Å². The Bertz CT molecular complexity index is 3330. The number of ether oxygens (including phenoxy) is 3. The third kappa shape index (κ3) is 34.6. The number of urea groups is 2. The highest BCUT2D eigenvalue weighted by Crippen LogP contribution is 2.45. The lowest BCUT2D eigenvalue weighted by atomic mass is 9.62. The van der Waals surface area contributed by atoms with Crippen LogP contribution in [0, 0.1) is 22.7 Å². The number of Topliss-reactive ketones (excluding diaryl/α,β-unsaturated/α-hetero) is 5. The standard InChI is InChI=1S/C37H52N4O9.C20H26N2O4.C15H24N2O4.CH3F/c1-24(42)37(18-9-19-37)29(43)23-27(10-8-20-40-34(38)48)33(47)39-21-17-30(44)41-28-22-25(12-15-31(45)49-35(2,3)4)11-13-26(28)14-16-32(46)50-36(5,6)7;1-14(23)5-8-16-9-6-15(7-10-19(25)26-20(2,3)4)13-17(16)22-18(24)11-12-21;1-10(18)12(5-3-8-17-14(16)21)9-13(20)15(11(2)19)6-4-7-15;1-2/h11-16,22,27H,8-10,17-21,23H2,1-7H3,(H,39,47)(H,41,44)(H3,38,40,48);5-10,13H,11-12,21H2,1-4H3,(H,22,24);12H,3-9H2,1-2H3,(H3,16,17,21);1H3/b15-12+,16-14+;8-5+,10-7+;;/t27-;;12-;/m1.1./s1/i;;;1D. The molecule has 2 fully saturated rings. The maximum atomic E-state index is 13.2. The van der Waals surface area contributed by atoms with Gasteiger partial charge >= 0.3 is 30.0 Å². The fourth-order valence-corrected chi connectivity index (χ4v) is 10.0. The van der Waals surface area contributed by atoms with Gasteiger partial charge in [-0.2, -0.15) is 0 Å². The first kappa shape index (κ1) is 85.8. The van der Waals surface area contributed by atoms with E-state index >= 15 is 0 Å². The van der Waals surface area contributed by atoms with E-state index in [4.69, 9.17) is 32.8 Å². The number of halogens is 1. The summed E-state index contributed by atoms with van der Waals surface area (Å²) in [6.45, 7) is 22.4. The zero-order valence-electron chi connectivity index (χ0n) is 60.7. The van der Waals surface area contributed by atoms with Gasteiger partial charge < -0.3 is 58.0 Å². The van der Waals surface area contributed by atoms with Gasteiger partial charge in [-0.05, 0) is 206 Å². The Morgan fingerprint density at radius 1 is 0.535 bits per heavy atom.